The number of nitrogens with one attached hydrogen (secondary N) is 1. The molecule has 5 nitrogen and oxygen atoms in total. The van der Waals surface area contributed by atoms with Crippen LogP contribution in [0.25, 0.3) is 10.2 Å². The molecule has 1 amide bonds. The van der Waals surface area contributed by atoms with Crippen LogP contribution in [-0.4, -0.2) is 18.0 Å². The number of benzene rings is 1. The highest BCUT2D eigenvalue weighted by Gasteiger charge is 2.21. The van der Waals surface area contributed by atoms with E-state index in [-0.39, 0.29) is 10.0 Å². The normalized spacial score (nSPS) is 11.1. The van der Waals surface area contributed by atoms with Gasteiger partial charge in [0.15, 0.2) is 0 Å². The molecule has 0 aliphatic carbocycles. The molecule has 0 saturated heterocycles. The van der Waals surface area contributed by atoms with Crippen molar-refractivity contribution in [3.8, 4) is 0 Å². The first kappa shape index (κ1) is 19.2. The predicted molar refractivity (Wildman–Crippen MR) is 109 cm³/mol. The summed E-state index contributed by atoms with van der Waals surface area (Å²) in [5.74, 6) is -0.396. The number of carbonyl (C=O) groups is 1. The fourth-order valence-electron chi connectivity index (χ4n) is 2.57. The minimum atomic E-state index is -0.396. The van der Waals surface area contributed by atoms with Gasteiger partial charge >= 0.3 is 0 Å². The molecule has 0 saturated carbocycles. The average Bonchev–Trinajstić information content (AvgIpc) is 2.89. The van der Waals surface area contributed by atoms with Crippen LogP contribution in [-0.2, 0) is 11.3 Å². The molecule has 1 aromatic carbocycles. The zero-order valence-electron chi connectivity index (χ0n) is 13.8. The molecule has 136 valence electrons. The lowest BCUT2D eigenvalue weighted by Gasteiger charge is -2.08. The number of nitrogen functional groups attached to an aromatic ring is 1. The summed E-state index contributed by atoms with van der Waals surface area (Å²) in [5.41, 5.74) is 8.66. The van der Waals surface area contributed by atoms with E-state index in [2.05, 4.69) is 10.3 Å². The summed E-state index contributed by atoms with van der Waals surface area (Å²) in [7, 11) is 1.60. The molecule has 3 N–H and O–H groups in total. The van der Waals surface area contributed by atoms with Crippen LogP contribution < -0.4 is 11.1 Å². The number of anilines is 2. The van der Waals surface area contributed by atoms with Gasteiger partial charge in [-0.05, 0) is 30.7 Å². The fraction of sp³-hybridized carbons (Fsp3) is 0.176. The van der Waals surface area contributed by atoms with E-state index in [1.807, 2.05) is 13.0 Å². The van der Waals surface area contributed by atoms with E-state index in [4.69, 9.17) is 45.3 Å². The SMILES string of the molecule is COCc1cc(C)nc2sc(C(=O)Nc3cc(Cl)c(Cl)cc3Cl)c(N)c12. The molecule has 2 heterocycles. The smallest absolute Gasteiger partial charge is 0.267 e. The van der Waals surface area contributed by atoms with Gasteiger partial charge in [-0.2, -0.15) is 0 Å². The molecular formula is C17H14Cl3N3O2S. The number of methoxy groups -OCH3 is 1. The largest absolute Gasteiger partial charge is 0.397 e. The van der Waals surface area contributed by atoms with E-state index in [0.29, 0.717) is 32.7 Å². The van der Waals surface area contributed by atoms with Crippen LogP contribution in [0.2, 0.25) is 15.1 Å². The Morgan fingerprint density at radius 1 is 1.23 bits per heavy atom. The van der Waals surface area contributed by atoms with Crippen LogP contribution in [0.1, 0.15) is 20.9 Å². The summed E-state index contributed by atoms with van der Waals surface area (Å²) < 4.78 is 5.23. The third-order valence-corrected chi connectivity index (χ3v) is 5.81. The van der Waals surface area contributed by atoms with Crippen molar-refractivity contribution in [3.05, 3.63) is 49.4 Å². The number of rotatable bonds is 4. The Morgan fingerprint density at radius 3 is 2.62 bits per heavy atom. The molecule has 0 bridgehead atoms. The van der Waals surface area contributed by atoms with Gasteiger partial charge in [-0.3, -0.25) is 4.79 Å². The van der Waals surface area contributed by atoms with E-state index in [9.17, 15) is 4.79 Å². The van der Waals surface area contributed by atoms with Crippen LogP contribution in [0, 0.1) is 6.92 Å². The number of halogens is 3. The molecule has 0 aliphatic heterocycles. The lowest BCUT2D eigenvalue weighted by Crippen LogP contribution is -2.12. The number of aromatic nitrogens is 1. The Labute approximate surface area is 169 Å². The van der Waals surface area contributed by atoms with Crippen molar-refractivity contribution >= 4 is 73.6 Å². The third-order valence-electron chi connectivity index (χ3n) is 3.67. The molecule has 0 unspecified atom stereocenters. The van der Waals surface area contributed by atoms with Crippen LogP contribution in [0.15, 0.2) is 18.2 Å². The second kappa shape index (κ2) is 7.58. The highest BCUT2D eigenvalue weighted by Crippen LogP contribution is 2.37. The van der Waals surface area contributed by atoms with Crippen LogP contribution >= 0.6 is 46.1 Å². The molecule has 0 radical (unpaired) electrons. The quantitative estimate of drug-likeness (QED) is 0.532. The Hall–Kier alpha value is -1.57. The van der Waals surface area contributed by atoms with Gasteiger partial charge < -0.3 is 15.8 Å². The fourth-order valence-corrected chi connectivity index (χ4v) is 4.25. The van der Waals surface area contributed by atoms with Gasteiger partial charge in [-0.15, -0.1) is 11.3 Å². The third kappa shape index (κ3) is 3.61. The highest BCUT2D eigenvalue weighted by atomic mass is 35.5. The van der Waals surface area contributed by atoms with E-state index < -0.39 is 5.91 Å². The molecular weight excluding hydrogens is 417 g/mol. The first-order valence-corrected chi connectivity index (χ1v) is 9.40. The lowest BCUT2D eigenvalue weighted by atomic mass is 10.1. The first-order valence-electron chi connectivity index (χ1n) is 7.45. The van der Waals surface area contributed by atoms with E-state index >= 15 is 0 Å². The van der Waals surface area contributed by atoms with Crippen molar-refractivity contribution < 1.29 is 9.53 Å². The summed E-state index contributed by atoms with van der Waals surface area (Å²) in [6.45, 7) is 2.25. The number of nitrogens with zero attached hydrogens (tertiary/aromatic N) is 1. The number of ether oxygens (including phenoxy) is 1. The summed E-state index contributed by atoms with van der Waals surface area (Å²) in [5, 5.41) is 4.32. The number of pyridine rings is 1. The minimum absolute atomic E-state index is 0.279. The number of hydrogen-bond donors (Lipinski definition) is 2. The van der Waals surface area contributed by atoms with Gasteiger partial charge in [-0.25, -0.2) is 4.98 Å². The van der Waals surface area contributed by atoms with Crippen molar-refractivity contribution in [2.24, 2.45) is 0 Å². The monoisotopic (exact) mass is 429 g/mol. The van der Waals surface area contributed by atoms with Crippen LogP contribution in [0.5, 0.6) is 0 Å². The zero-order chi connectivity index (χ0) is 19.0. The molecule has 9 heteroatoms. The zero-order valence-corrected chi connectivity index (χ0v) is 16.9. The maximum absolute atomic E-state index is 12.7. The van der Waals surface area contributed by atoms with Gasteiger partial charge in [-0.1, -0.05) is 34.8 Å². The minimum Gasteiger partial charge on any atom is -0.397 e. The van der Waals surface area contributed by atoms with E-state index in [0.717, 1.165) is 16.6 Å². The lowest BCUT2D eigenvalue weighted by molar-refractivity contribution is 0.103. The van der Waals surface area contributed by atoms with Gasteiger partial charge in [0.2, 0.25) is 0 Å². The summed E-state index contributed by atoms with van der Waals surface area (Å²) in [4.78, 5) is 18.2. The summed E-state index contributed by atoms with van der Waals surface area (Å²) in [6.07, 6.45) is 0. The Morgan fingerprint density at radius 2 is 1.92 bits per heavy atom. The van der Waals surface area contributed by atoms with Crippen molar-refractivity contribution in [2.75, 3.05) is 18.2 Å². The van der Waals surface area contributed by atoms with Gasteiger partial charge in [0.1, 0.15) is 9.71 Å². The van der Waals surface area contributed by atoms with Gasteiger partial charge in [0.05, 0.1) is 33.0 Å². The Kier molecular flexibility index (Phi) is 5.60. The molecule has 3 rings (SSSR count). The van der Waals surface area contributed by atoms with Crippen molar-refractivity contribution in [1.82, 2.24) is 4.98 Å². The van der Waals surface area contributed by atoms with Gasteiger partial charge in [0.25, 0.3) is 5.91 Å². The number of thiophene rings is 1. The second-order valence-corrected chi connectivity index (χ2v) is 7.80. The summed E-state index contributed by atoms with van der Waals surface area (Å²) in [6, 6.07) is 4.86. The van der Waals surface area contributed by atoms with Crippen LogP contribution in [0.4, 0.5) is 11.4 Å². The Balaban J connectivity index is 2.03. The van der Waals surface area contributed by atoms with Crippen molar-refractivity contribution in [3.63, 3.8) is 0 Å². The number of hydrogen-bond acceptors (Lipinski definition) is 5. The standard InChI is InChI=1S/C17H14Cl3N3O2S/c1-7-3-8(6-25-2)13-14(21)15(26-17(13)22-7)16(24)23-12-5-10(19)9(18)4-11(12)20/h3-5H,6,21H2,1-2H3,(H,23,24). The first-order chi connectivity index (χ1) is 12.3. The molecule has 26 heavy (non-hydrogen) atoms. The van der Waals surface area contributed by atoms with Gasteiger partial charge in [0, 0.05) is 18.2 Å². The molecule has 0 spiro atoms. The number of fused-ring (bicyclic) bond motifs is 1. The predicted octanol–water partition coefficient (Wildman–Crippen LogP) is 5.55. The second-order valence-electron chi connectivity index (χ2n) is 5.58. The van der Waals surface area contributed by atoms with E-state index in [1.165, 1.54) is 23.5 Å². The summed E-state index contributed by atoms with van der Waals surface area (Å²) >= 11 is 19.2. The molecule has 0 atom stereocenters. The number of nitrogens with two attached hydrogens (primary N) is 1. The Bertz CT molecular complexity index is 1020. The highest BCUT2D eigenvalue weighted by molar-refractivity contribution is 7.21. The topological polar surface area (TPSA) is 77.2 Å². The number of amides is 1. The number of carbonyl (C=O) groups excluding carboxylic acids is 1. The molecule has 0 fully saturated rings. The number of aryl methyl sites for hydroxylation is 1. The maximum atomic E-state index is 12.7. The average molecular weight is 431 g/mol. The molecule has 0 aliphatic rings. The van der Waals surface area contributed by atoms with Crippen LogP contribution in [0.3, 0.4) is 0 Å². The molecule has 3 aromatic rings. The molecule has 2 aromatic heterocycles. The van der Waals surface area contributed by atoms with E-state index in [1.54, 1.807) is 7.11 Å². The maximum Gasteiger partial charge on any atom is 0.267 e. The van der Waals surface area contributed by atoms with Crippen molar-refractivity contribution in [1.29, 1.82) is 0 Å². The van der Waals surface area contributed by atoms with Crippen molar-refractivity contribution in [2.45, 2.75) is 13.5 Å².